The summed E-state index contributed by atoms with van der Waals surface area (Å²) < 4.78 is 6.53. The molecule has 0 aliphatic carbocycles. The number of hydrogen-bond donors (Lipinski definition) is 1. The van der Waals surface area contributed by atoms with Crippen LogP contribution in [0.3, 0.4) is 0 Å². The van der Waals surface area contributed by atoms with Gasteiger partial charge in [-0.2, -0.15) is 0 Å². The summed E-state index contributed by atoms with van der Waals surface area (Å²) in [6.45, 7) is 1.93. The Morgan fingerprint density at radius 1 is 1.53 bits per heavy atom. The highest BCUT2D eigenvalue weighted by molar-refractivity contribution is 9.10. The van der Waals surface area contributed by atoms with Crippen molar-refractivity contribution >= 4 is 32.8 Å². The molecule has 1 amide bonds. The van der Waals surface area contributed by atoms with Crippen molar-refractivity contribution in [2.24, 2.45) is 5.73 Å². The highest BCUT2D eigenvalue weighted by atomic mass is 79.9. The van der Waals surface area contributed by atoms with E-state index in [0.717, 1.165) is 21.0 Å². The fourth-order valence-corrected chi connectivity index (χ4v) is 1.93. The van der Waals surface area contributed by atoms with Crippen molar-refractivity contribution in [1.29, 1.82) is 0 Å². The maximum absolute atomic E-state index is 10.8. The Kier molecular flexibility index (Phi) is 2.52. The van der Waals surface area contributed by atoms with E-state index >= 15 is 0 Å². The number of carbonyl (C=O) groups is 1. The summed E-state index contributed by atoms with van der Waals surface area (Å²) in [4.78, 5) is 10.8. The van der Waals surface area contributed by atoms with E-state index in [4.69, 9.17) is 10.2 Å². The van der Waals surface area contributed by atoms with Gasteiger partial charge in [-0.25, -0.2) is 0 Å². The Hall–Kier alpha value is -1.29. The maximum atomic E-state index is 10.8. The summed E-state index contributed by atoms with van der Waals surface area (Å²) in [5.74, 6) is 0.270. The van der Waals surface area contributed by atoms with Crippen LogP contribution in [-0.4, -0.2) is 5.91 Å². The van der Waals surface area contributed by atoms with Crippen LogP contribution in [0, 0.1) is 6.92 Å². The van der Waals surface area contributed by atoms with Gasteiger partial charge in [-0.1, -0.05) is 15.9 Å². The van der Waals surface area contributed by atoms with Crippen molar-refractivity contribution in [2.45, 2.75) is 13.3 Å². The van der Waals surface area contributed by atoms with Crippen LogP contribution in [0.4, 0.5) is 0 Å². The molecule has 0 aliphatic heterocycles. The van der Waals surface area contributed by atoms with Crippen LogP contribution in [0.5, 0.6) is 0 Å². The average Bonchev–Trinajstić information content (AvgIpc) is 2.44. The second-order valence-electron chi connectivity index (χ2n) is 3.43. The van der Waals surface area contributed by atoms with Gasteiger partial charge in [0.05, 0.1) is 6.42 Å². The molecular formula is C11H10BrNO2. The summed E-state index contributed by atoms with van der Waals surface area (Å²) in [6, 6.07) is 5.74. The van der Waals surface area contributed by atoms with Crippen molar-refractivity contribution in [1.82, 2.24) is 0 Å². The van der Waals surface area contributed by atoms with Gasteiger partial charge in [0.1, 0.15) is 11.3 Å². The molecule has 0 fully saturated rings. The van der Waals surface area contributed by atoms with Gasteiger partial charge in [0, 0.05) is 9.86 Å². The number of aryl methyl sites for hydroxylation is 1. The van der Waals surface area contributed by atoms with E-state index in [2.05, 4.69) is 15.9 Å². The van der Waals surface area contributed by atoms with Gasteiger partial charge in [0.2, 0.25) is 5.91 Å². The van der Waals surface area contributed by atoms with Crippen LogP contribution in [0.25, 0.3) is 11.0 Å². The van der Waals surface area contributed by atoms with Gasteiger partial charge in [0.25, 0.3) is 0 Å². The van der Waals surface area contributed by atoms with Crippen LogP contribution in [0.2, 0.25) is 0 Å². The summed E-state index contributed by atoms with van der Waals surface area (Å²) >= 11 is 3.39. The van der Waals surface area contributed by atoms with Crippen LogP contribution in [-0.2, 0) is 11.2 Å². The Balaban J connectivity index is 2.59. The van der Waals surface area contributed by atoms with Crippen molar-refractivity contribution in [3.05, 3.63) is 34.0 Å². The fourth-order valence-electron chi connectivity index (χ4n) is 1.57. The number of benzene rings is 1. The molecule has 2 rings (SSSR count). The first-order chi connectivity index (χ1) is 7.08. The number of primary amides is 1. The highest BCUT2D eigenvalue weighted by Crippen LogP contribution is 2.28. The fraction of sp³-hybridized carbons (Fsp3) is 0.182. The number of halogens is 1. The number of furan rings is 1. The zero-order chi connectivity index (χ0) is 11.0. The van der Waals surface area contributed by atoms with Gasteiger partial charge in [-0.05, 0) is 30.7 Å². The van der Waals surface area contributed by atoms with E-state index in [1.54, 1.807) is 0 Å². The van der Waals surface area contributed by atoms with Crippen molar-refractivity contribution in [3.63, 3.8) is 0 Å². The standard InChI is InChI=1S/C11H10BrNO2/c1-6-8-4-7(12)2-3-9(8)15-10(6)5-11(13)14/h2-4H,5H2,1H3,(H2,13,14). The van der Waals surface area contributed by atoms with E-state index in [1.165, 1.54) is 0 Å². The molecule has 0 bridgehead atoms. The summed E-state index contributed by atoms with van der Waals surface area (Å²) in [6.07, 6.45) is 0.151. The van der Waals surface area contributed by atoms with Gasteiger partial charge in [0.15, 0.2) is 0 Å². The van der Waals surface area contributed by atoms with E-state index in [9.17, 15) is 4.79 Å². The molecule has 2 aromatic rings. The SMILES string of the molecule is Cc1c(CC(N)=O)oc2ccc(Br)cc12. The quantitative estimate of drug-likeness (QED) is 0.909. The van der Waals surface area contributed by atoms with Gasteiger partial charge >= 0.3 is 0 Å². The number of fused-ring (bicyclic) bond motifs is 1. The third-order valence-corrected chi connectivity index (χ3v) is 2.83. The maximum Gasteiger partial charge on any atom is 0.225 e. The lowest BCUT2D eigenvalue weighted by molar-refractivity contribution is -0.117. The lowest BCUT2D eigenvalue weighted by Crippen LogP contribution is -2.13. The Labute approximate surface area is 95.4 Å². The number of rotatable bonds is 2. The molecule has 0 unspecified atom stereocenters. The van der Waals surface area contributed by atoms with Crippen LogP contribution >= 0.6 is 15.9 Å². The topological polar surface area (TPSA) is 56.2 Å². The van der Waals surface area contributed by atoms with E-state index in [-0.39, 0.29) is 12.3 Å². The molecule has 1 aromatic heterocycles. The molecule has 1 heterocycles. The average molecular weight is 268 g/mol. The lowest BCUT2D eigenvalue weighted by atomic mass is 10.1. The molecule has 15 heavy (non-hydrogen) atoms. The Bertz CT molecular complexity index is 531. The van der Waals surface area contributed by atoms with Gasteiger partial charge in [-0.15, -0.1) is 0 Å². The number of amides is 1. The first kappa shape index (κ1) is 10.2. The normalized spacial score (nSPS) is 10.8. The summed E-state index contributed by atoms with van der Waals surface area (Å²) in [7, 11) is 0. The second-order valence-corrected chi connectivity index (χ2v) is 4.35. The molecule has 0 aliphatic rings. The minimum absolute atomic E-state index is 0.151. The van der Waals surface area contributed by atoms with Crippen molar-refractivity contribution in [3.8, 4) is 0 Å². The van der Waals surface area contributed by atoms with Gasteiger partial charge in [-0.3, -0.25) is 4.79 Å². The van der Waals surface area contributed by atoms with E-state index in [1.807, 2.05) is 25.1 Å². The molecule has 0 saturated carbocycles. The number of nitrogens with two attached hydrogens (primary N) is 1. The smallest absolute Gasteiger partial charge is 0.225 e. The summed E-state index contributed by atoms with van der Waals surface area (Å²) in [5.41, 5.74) is 6.90. The van der Waals surface area contributed by atoms with Crippen molar-refractivity contribution in [2.75, 3.05) is 0 Å². The third kappa shape index (κ3) is 1.90. The molecule has 3 nitrogen and oxygen atoms in total. The van der Waals surface area contributed by atoms with Crippen LogP contribution < -0.4 is 5.73 Å². The molecule has 2 N–H and O–H groups in total. The third-order valence-electron chi connectivity index (χ3n) is 2.33. The molecule has 1 aromatic carbocycles. The molecule has 78 valence electrons. The summed E-state index contributed by atoms with van der Waals surface area (Å²) in [5, 5.41) is 1.01. The van der Waals surface area contributed by atoms with Crippen LogP contribution in [0.15, 0.2) is 27.1 Å². The minimum atomic E-state index is -0.378. The Morgan fingerprint density at radius 3 is 2.93 bits per heavy atom. The first-order valence-electron chi connectivity index (χ1n) is 4.54. The van der Waals surface area contributed by atoms with Crippen molar-refractivity contribution < 1.29 is 9.21 Å². The monoisotopic (exact) mass is 267 g/mol. The lowest BCUT2D eigenvalue weighted by Gasteiger charge is -1.92. The van der Waals surface area contributed by atoms with Gasteiger partial charge < -0.3 is 10.2 Å². The molecular weight excluding hydrogens is 258 g/mol. The molecule has 0 radical (unpaired) electrons. The zero-order valence-electron chi connectivity index (χ0n) is 8.21. The van der Waals surface area contributed by atoms with Crippen LogP contribution in [0.1, 0.15) is 11.3 Å². The first-order valence-corrected chi connectivity index (χ1v) is 5.33. The molecule has 4 heteroatoms. The zero-order valence-corrected chi connectivity index (χ0v) is 9.80. The van der Waals surface area contributed by atoms with E-state index in [0.29, 0.717) is 5.76 Å². The molecule has 0 saturated heterocycles. The second kappa shape index (κ2) is 3.70. The number of carbonyl (C=O) groups excluding carboxylic acids is 1. The highest BCUT2D eigenvalue weighted by Gasteiger charge is 2.12. The molecule has 0 atom stereocenters. The minimum Gasteiger partial charge on any atom is -0.460 e. The van der Waals surface area contributed by atoms with E-state index < -0.39 is 0 Å². The molecule has 0 spiro atoms. The Morgan fingerprint density at radius 2 is 2.27 bits per heavy atom. The number of hydrogen-bond acceptors (Lipinski definition) is 2. The predicted molar refractivity (Wildman–Crippen MR) is 61.5 cm³/mol. The largest absolute Gasteiger partial charge is 0.460 e. The predicted octanol–water partition coefficient (Wildman–Crippen LogP) is 2.53.